The number of hydrazone groups is 1. The molecule has 12 nitrogen and oxygen atoms in total. The molecule has 12 heteroatoms. The highest BCUT2D eigenvalue weighted by molar-refractivity contribution is 6.05. The molecule has 2 heterocycles. The van der Waals surface area contributed by atoms with Crippen LogP contribution in [0.4, 0.5) is 5.69 Å². The molecule has 2 aliphatic heterocycles. The molecule has 0 radical (unpaired) electrons. The number of carbonyl (C=O) groups is 3. The van der Waals surface area contributed by atoms with Crippen molar-refractivity contribution >= 4 is 29.7 Å². The van der Waals surface area contributed by atoms with Crippen LogP contribution >= 0.6 is 0 Å². The maximum absolute atomic E-state index is 12.8. The van der Waals surface area contributed by atoms with Gasteiger partial charge in [0.2, 0.25) is 13.6 Å². The third kappa shape index (κ3) is 6.23. The van der Waals surface area contributed by atoms with Gasteiger partial charge in [-0.2, -0.15) is 5.10 Å². The van der Waals surface area contributed by atoms with E-state index in [4.69, 9.17) is 28.4 Å². The highest BCUT2D eigenvalue weighted by Crippen LogP contribution is 2.34. The average Bonchev–Trinajstić information content (AvgIpc) is 3.71. The largest absolute Gasteiger partial charge is 0.490 e. The zero-order valence-corrected chi connectivity index (χ0v) is 23.3. The van der Waals surface area contributed by atoms with Gasteiger partial charge in [0.25, 0.3) is 11.8 Å². The van der Waals surface area contributed by atoms with Crippen LogP contribution in [-0.4, -0.2) is 44.2 Å². The minimum atomic E-state index is -0.591. The van der Waals surface area contributed by atoms with E-state index < -0.39 is 11.9 Å². The maximum Gasteiger partial charge on any atom is 0.343 e. The van der Waals surface area contributed by atoms with E-state index in [9.17, 15) is 14.4 Å². The summed E-state index contributed by atoms with van der Waals surface area (Å²) >= 11 is 0. The Labute approximate surface area is 251 Å². The Hall–Kier alpha value is -6.04. The fraction of sp³-hybridized carbons (Fsp3) is 0.125. The quantitative estimate of drug-likeness (QED) is 0.121. The van der Waals surface area contributed by atoms with E-state index in [-0.39, 0.29) is 30.8 Å². The molecule has 2 amide bonds. The molecule has 0 spiro atoms. The standard InChI is InChI=1S/C32H25N3O9/c1-2-39-27-12-19(6-9-26(27)44-32(38)22-8-11-25-29(15-22)43-18-41-25)16-33-35-31(37)20-4-3-5-23(13-20)34-30(36)21-7-10-24-28(14-21)42-17-40-24/h3-16H,2,17-18H2,1H3,(H,34,36)(H,35,37). The number of ether oxygens (including phenoxy) is 6. The number of esters is 1. The molecule has 0 saturated heterocycles. The second kappa shape index (κ2) is 12.4. The number of benzene rings is 4. The van der Waals surface area contributed by atoms with E-state index in [1.54, 1.807) is 79.7 Å². The van der Waals surface area contributed by atoms with E-state index in [1.165, 1.54) is 12.3 Å². The summed E-state index contributed by atoms with van der Waals surface area (Å²) in [6.07, 6.45) is 1.43. The number of nitrogens with one attached hydrogen (secondary N) is 2. The van der Waals surface area contributed by atoms with Crippen LogP contribution in [0.2, 0.25) is 0 Å². The van der Waals surface area contributed by atoms with Gasteiger partial charge in [0.1, 0.15) is 0 Å². The van der Waals surface area contributed by atoms with Gasteiger partial charge >= 0.3 is 5.97 Å². The number of anilines is 1. The number of amides is 2. The van der Waals surface area contributed by atoms with Gasteiger partial charge in [0.15, 0.2) is 34.5 Å². The Morgan fingerprint density at radius 2 is 1.43 bits per heavy atom. The third-order valence-corrected chi connectivity index (χ3v) is 6.48. The molecule has 0 aliphatic carbocycles. The SMILES string of the molecule is CCOc1cc(C=NNC(=O)c2cccc(NC(=O)c3ccc4c(c3)OCO4)c2)ccc1OC(=O)c1ccc2c(c1)OCO2. The molecular formula is C32H25N3O9. The fourth-order valence-corrected chi connectivity index (χ4v) is 4.35. The zero-order chi connectivity index (χ0) is 30.5. The van der Waals surface area contributed by atoms with Crippen molar-refractivity contribution in [2.45, 2.75) is 6.92 Å². The molecule has 44 heavy (non-hydrogen) atoms. The highest BCUT2D eigenvalue weighted by Gasteiger charge is 2.19. The summed E-state index contributed by atoms with van der Waals surface area (Å²) in [5.74, 6) is 1.19. The molecule has 0 atom stereocenters. The van der Waals surface area contributed by atoms with Gasteiger partial charge in [0.05, 0.1) is 18.4 Å². The number of hydrogen-bond acceptors (Lipinski definition) is 10. The number of carbonyl (C=O) groups excluding carboxylic acids is 3. The Bertz CT molecular complexity index is 1790. The van der Waals surface area contributed by atoms with Crippen LogP contribution < -0.4 is 39.2 Å². The Morgan fingerprint density at radius 3 is 2.18 bits per heavy atom. The molecule has 4 aromatic rings. The maximum atomic E-state index is 12.8. The van der Waals surface area contributed by atoms with E-state index in [0.717, 1.165) is 0 Å². The van der Waals surface area contributed by atoms with Crippen LogP contribution in [0.3, 0.4) is 0 Å². The number of nitrogens with zero attached hydrogens (tertiary/aromatic N) is 1. The van der Waals surface area contributed by atoms with E-state index in [2.05, 4.69) is 15.8 Å². The second-order valence-electron chi connectivity index (χ2n) is 9.40. The number of hydrogen-bond donors (Lipinski definition) is 2. The molecule has 0 fully saturated rings. The molecule has 0 aromatic heterocycles. The lowest BCUT2D eigenvalue weighted by molar-refractivity contribution is 0.0727. The van der Waals surface area contributed by atoms with Crippen LogP contribution in [0.15, 0.2) is 84.0 Å². The van der Waals surface area contributed by atoms with Crippen molar-refractivity contribution in [3.63, 3.8) is 0 Å². The molecule has 4 aromatic carbocycles. The first-order valence-corrected chi connectivity index (χ1v) is 13.5. The Balaban J connectivity index is 1.08. The molecule has 222 valence electrons. The molecule has 2 N–H and O–H groups in total. The third-order valence-electron chi connectivity index (χ3n) is 6.48. The van der Waals surface area contributed by atoms with Crippen LogP contribution in [0.1, 0.15) is 43.6 Å². The first-order valence-electron chi connectivity index (χ1n) is 13.5. The lowest BCUT2D eigenvalue weighted by atomic mass is 10.1. The summed E-state index contributed by atoms with van der Waals surface area (Å²) in [7, 11) is 0. The van der Waals surface area contributed by atoms with Gasteiger partial charge in [-0.1, -0.05) is 6.07 Å². The van der Waals surface area contributed by atoms with Crippen LogP contribution in [0.5, 0.6) is 34.5 Å². The van der Waals surface area contributed by atoms with Crippen molar-refractivity contribution < 1.29 is 42.8 Å². The lowest BCUT2D eigenvalue weighted by Gasteiger charge is -2.11. The van der Waals surface area contributed by atoms with Gasteiger partial charge in [-0.05, 0) is 85.3 Å². The first-order chi connectivity index (χ1) is 21.5. The van der Waals surface area contributed by atoms with Gasteiger partial charge in [0, 0.05) is 16.8 Å². The fourth-order valence-electron chi connectivity index (χ4n) is 4.35. The summed E-state index contributed by atoms with van der Waals surface area (Å²) < 4.78 is 32.4. The van der Waals surface area contributed by atoms with E-state index in [1.807, 2.05) is 0 Å². The van der Waals surface area contributed by atoms with Gasteiger partial charge in [-0.25, -0.2) is 10.2 Å². The molecule has 0 unspecified atom stereocenters. The topological polar surface area (TPSA) is 143 Å². The number of fused-ring (bicyclic) bond motifs is 2. The van der Waals surface area contributed by atoms with Crippen molar-refractivity contribution in [1.29, 1.82) is 0 Å². The lowest BCUT2D eigenvalue weighted by Crippen LogP contribution is -2.18. The normalized spacial score (nSPS) is 12.6. The van der Waals surface area contributed by atoms with Crippen molar-refractivity contribution in [2.75, 3.05) is 25.5 Å². The van der Waals surface area contributed by atoms with Gasteiger partial charge in [-0.3, -0.25) is 9.59 Å². The molecule has 0 bridgehead atoms. The second-order valence-corrected chi connectivity index (χ2v) is 9.40. The van der Waals surface area contributed by atoms with Gasteiger partial charge < -0.3 is 33.7 Å². The smallest absolute Gasteiger partial charge is 0.343 e. The number of rotatable bonds is 9. The van der Waals surface area contributed by atoms with Crippen molar-refractivity contribution in [1.82, 2.24) is 5.43 Å². The zero-order valence-electron chi connectivity index (χ0n) is 23.3. The Morgan fingerprint density at radius 1 is 0.750 bits per heavy atom. The summed E-state index contributed by atoms with van der Waals surface area (Å²) in [6.45, 7) is 2.33. The van der Waals surface area contributed by atoms with E-state index >= 15 is 0 Å². The minimum absolute atomic E-state index is 0.0969. The van der Waals surface area contributed by atoms with Gasteiger partial charge in [-0.15, -0.1) is 0 Å². The molecule has 2 aliphatic rings. The van der Waals surface area contributed by atoms with Crippen molar-refractivity contribution in [3.05, 3.63) is 101 Å². The summed E-state index contributed by atoms with van der Waals surface area (Å²) in [4.78, 5) is 38.2. The Kier molecular flexibility index (Phi) is 7.95. The molecule has 0 saturated carbocycles. The van der Waals surface area contributed by atoms with Crippen molar-refractivity contribution in [3.8, 4) is 34.5 Å². The molecule has 6 rings (SSSR count). The predicted molar refractivity (Wildman–Crippen MR) is 157 cm³/mol. The van der Waals surface area contributed by atoms with E-state index in [0.29, 0.717) is 57.7 Å². The highest BCUT2D eigenvalue weighted by atomic mass is 16.7. The minimum Gasteiger partial charge on any atom is -0.490 e. The summed E-state index contributed by atoms with van der Waals surface area (Å²) in [5.41, 5.74) is 4.44. The molecular weight excluding hydrogens is 570 g/mol. The van der Waals surface area contributed by atoms with Crippen LogP contribution in [0.25, 0.3) is 0 Å². The summed E-state index contributed by atoms with van der Waals surface area (Å²) in [6, 6.07) is 21.0. The van der Waals surface area contributed by atoms with Crippen molar-refractivity contribution in [2.24, 2.45) is 5.10 Å². The summed E-state index contributed by atoms with van der Waals surface area (Å²) in [5, 5.41) is 6.80. The average molecular weight is 596 g/mol. The predicted octanol–water partition coefficient (Wildman–Crippen LogP) is 4.78. The first kappa shape index (κ1) is 28.1. The van der Waals surface area contributed by atoms with Crippen LogP contribution in [-0.2, 0) is 0 Å². The monoisotopic (exact) mass is 595 g/mol. The van der Waals surface area contributed by atoms with Crippen LogP contribution in [0, 0.1) is 0 Å².